The van der Waals surface area contributed by atoms with E-state index in [9.17, 15) is 0 Å². The fourth-order valence-corrected chi connectivity index (χ4v) is 3.50. The largest absolute Gasteiger partial charge is 0.318 e. The van der Waals surface area contributed by atoms with E-state index in [-0.39, 0.29) is 6.04 Å². The van der Waals surface area contributed by atoms with Gasteiger partial charge >= 0.3 is 0 Å². The molecule has 0 amide bonds. The van der Waals surface area contributed by atoms with Crippen LogP contribution >= 0.6 is 27.7 Å². The van der Waals surface area contributed by atoms with Crippen molar-refractivity contribution in [2.75, 3.05) is 5.43 Å². The quantitative estimate of drug-likeness (QED) is 0.701. The average Bonchev–Trinajstić information content (AvgIpc) is 3.05. The number of benzene rings is 2. The van der Waals surface area contributed by atoms with Gasteiger partial charge in [0.05, 0.1) is 11.7 Å². The molecule has 4 rings (SSSR count). The van der Waals surface area contributed by atoms with Crippen LogP contribution in [0.3, 0.4) is 0 Å². The summed E-state index contributed by atoms with van der Waals surface area (Å²) in [4.78, 5) is 0. The third-order valence-electron chi connectivity index (χ3n) is 3.76. The second kappa shape index (κ2) is 6.43. The van der Waals surface area contributed by atoms with Crippen molar-refractivity contribution >= 4 is 33.4 Å². The second-order valence-electron chi connectivity index (χ2n) is 5.33. The molecule has 0 saturated carbocycles. The van der Waals surface area contributed by atoms with Gasteiger partial charge in [0.25, 0.3) is 0 Å². The van der Waals surface area contributed by atoms with Gasteiger partial charge in [0, 0.05) is 15.4 Å². The zero-order valence-corrected chi connectivity index (χ0v) is 15.0. The first-order chi connectivity index (χ1) is 11.7. The monoisotopic (exact) mass is 399 g/mol. The number of hydrogen-bond acceptors (Lipinski definition) is 5. The van der Waals surface area contributed by atoms with Gasteiger partial charge in [-0.1, -0.05) is 70.2 Å². The van der Waals surface area contributed by atoms with E-state index in [1.54, 1.807) is 0 Å². The molecule has 1 atom stereocenters. The number of thioether (sulfide) groups is 1. The smallest absolute Gasteiger partial charge is 0.214 e. The summed E-state index contributed by atoms with van der Waals surface area (Å²) in [5.41, 5.74) is 12.8. The molecule has 1 aromatic heterocycles. The number of halogens is 1. The Morgan fingerprint density at radius 2 is 1.79 bits per heavy atom. The van der Waals surface area contributed by atoms with Crippen molar-refractivity contribution in [3.05, 3.63) is 81.4 Å². The lowest BCUT2D eigenvalue weighted by molar-refractivity contribution is 0.705. The first-order valence-electron chi connectivity index (χ1n) is 7.38. The zero-order chi connectivity index (χ0) is 16.5. The number of nitrogens with one attached hydrogen (secondary N) is 1. The molecule has 0 aliphatic carbocycles. The molecule has 0 unspecified atom stereocenters. The van der Waals surface area contributed by atoms with E-state index >= 15 is 0 Å². The lowest BCUT2D eigenvalue weighted by Crippen LogP contribution is -2.25. The zero-order valence-electron chi connectivity index (χ0n) is 12.6. The first kappa shape index (κ1) is 15.4. The number of nitrogens with zero attached hydrogens (tertiary/aromatic N) is 3. The molecule has 3 aromatic rings. The van der Waals surface area contributed by atoms with E-state index in [1.165, 1.54) is 11.8 Å². The van der Waals surface area contributed by atoms with Gasteiger partial charge in [0.1, 0.15) is 0 Å². The first-order valence-corrected chi connectivity index (χ1v) is 9.05. The van der Waals surface area contributed by atoms with E-state index in [4.69, 9.17) is 5.73 Å². The Labute approximate surface area is 152 Å². The van der Waals surface area contributed by atoms with Crippen molar-refractivity contribution in [2.45, 2.75) is 11.2 Å². The summed E-state index contributed by atoms with van der Waals surface area (Å²) in [5, 5.41) is 11.3. The lowest BCUT2D eigenvalue weighted by atomic mass is 10.1. The Hall–Kier alpha value is -2.09. The van der Waals surface area contributed by atoms with Gasteiger partial charge in [-0.3, -0.25) is 5.43 Å². The van der Waals surface area contributed by atoms with Gasteiger partial charge in [0.15, 0.2) is 5.82 Å². The molecule has 2 aromatic carbocycles. The van der Waals surface area contributed by atoms with Crippen molar-refractivity contribution < 1.29 is 0 Å². The van der Waals surface area contributed by atoms with E-state index in [0.29, 0.717) is 5.82 Å². The third kappa shape index (κ3) is 2.86. The highest BCUT2D eigenvalue weighted by Gasteiger charge is 2.23. The number of hydrogen-bond donors (Lipinski definition) is 2. The van der Waals surface area contributed by atoms with Crippen molar-refractivity contribution in [1.82, 2.24) is 14.9 Å². The van der Waals surface area contributed by atoms with Crippen molar-refractivity contribution in [3.63, 3.8) is 0 Å². The number of rotatable bonds is 3. The van der Waals surface area contributed by atoms with Crippen LogP contribution in [0.1, 0.15) is 23.0 Å². The molecule has 0 fully saturated rings. The minimum Gasteiger partial charge on any atom is -0.318 e. The highest BCUT2D eigenvalue weighted by atomic mass is 79.9. The number of aromatic nitrogens is 3. The van der Waals surface area contributed by atoms with Crippen molar-refractivity contribution in [1.29, 1.82) is 0 Å². The number of nitrogens with two attached hydrogens (primary N) is 1. The maximum Gasteiger partial charge on any atom is 0.214 e. The number of fused-ring (bicyclic) bond motifs is 1. The minimum absolute atomic E-state index is 0.343. The fraction of sp³-hybridized carbons (Fsp3) is 0.0588. The topological polar surface area (TPSA) is 68.8 Å². The molecule has 0 spiro atoms. The predicted molar refractivity (Wildman–Crippen MR) is 99.8 cm³/mol. The molecular formula is C17H14BrN5S. The molecule has 1 aliphatic rings. The summed E-state index contributed by atoms with van der Waals surface area (Å²) >= 11 is 4.99. The van der Waals surface area contributed by atoms with Gasteiger partial charge < -0.3 is 5.73 Å². The second-order valence-corrected chi connectivity index (χ2v) is 7.08. The lowest BCUT2D eigenvalue weighted by Gasteiger charge is -2.21. The van der Waals surface area contributed by atoms with Gasteiger partial charge in [-0.15, -0.1) is 10.2 Å². The molecule has 7 heteroatoms. The van der Waals surface area contributed by atoms with Crippen LogP contribution in [0.4, 0.5) is 0 Å². The minimum atomic E-state index is -0.343. The van der Waals surface area contributed by atoms with Crippen molar-refractivity contribution in [2.24, 2.45) is 5.73 Å². The van der Waals surface area contributed by atoms with Crippen LogP contribution < -0.4 is 11.2 Å². The van der Waals surface area contributed by atoms with Crippen LogP contribution in [0, 0.1) is 0 Å². The third-order valence-corrected chi connectivity index (χ3v) is 5.12. The summed E-state index contributed by atoms with van der Waals surface area (Å²) < 4.78 is 2.91. The van der Waals surface area contributed by atoms with E-state index in [0.717, 1.165) is 26.5 Å². The Morgan fingerprint density at radius 3 is 2.54 bits per heavy atom. The van der Waals surface area contributed by atoms with Crippen molar-refractivity contribution in [3.8, 4) is 0 Å². The maximum atomic E-state index is 6.39. The summed E-state index contributed by atoms with van der Waals surface area (Å²) in [7, 11) is 0. The molecule has 2 heterocycles. The molecule has 0 bridgehead atoms. The highest BCUT2D eigenvalue weighted by molar-refractivity contribution is 9.10. The van der Waals surface area contributed by atoms with Crippen LogP contribution in [0.5, 0.6) is 0 Å². The molecule has 1 aliphatic heterocycles. The van der Waals surface area contributed by atoms with Gasteiger partial charge in [-0.25, -0.2) is 4.68 Å². The van der Waals surface area contributed by atoms with Crippen LogP contribution in [0.15, 0.2) is 69.6 Å². The van der Waals surface area contributed by atoms with Gasteiger partial charge in [-0.05, 0) is 17.7 Å². The predicted octanol–water partition coefficient (Wildman–Crippen LogP) is 3.74. The molecular weight excluding hydrogens is 386 g/mol. The Balaban J connectivity index is 1.65. The molecule has 0 saturated heterocycles. The summed E-state index contributed by atoms with van der Waals surface area (Å²) in [6.45, 7) is 0. The fourth-order valence-electron chi connectivity index (χ4n) is 2.49. The highest BCUT2D eigenvalue weighted by Crippen LogP contribution is 2.31. The average molecular weight is 400 g/mol. The molecule has 5 nitrogen and oxygen atoms in total. The Kier molecular flexibility index (Phi) is 4.13. The van der Waals surface area contributed by atoms with Gasteiger partial charge in [-0.2, -0.15) is 0 Å². The van der Waals surface area contributed by atoms with Crippen LogP contribution in [0.25, 0.3) is 5.70 Å². The normalized spacial score (nSPS) is 14.5. The SMILES string of the molecule is N[C@H](c1ccccc1)c1nnc2n1NC(c1ccc(Br)cc1)=CS2. The maximum absolute atomic E-state index is 6.39. The van der Waals surface area contributed by atoms with E-state index in [1.807, 2.05) is 52.5 Å². The summed E-state index contributed by atoms with van der Waals surface area (Å²) in [6.07, 6.45) is 0. The Morgan fingerprint density at radius 1 is 1.04 bits per heavy atom. The van der Waals surface area contributed by atoms with Gasteiger partial charge in [0.2, 0.25) is 5.16 Å². The molecule has 0 radical (unpaired) electrons. The molecule has 3 N–H and O–H groups in total. The standard InChI is InChI=1S/C17H14BrN5S/c18-13-8-6-11(7-9-13)14-10-24-17-21-20-16(23(17)22-14)15(19)12-4-2-1-3-5-12/h1-10,15,22H,19H2/t15-/m1/s1. The summed E-state index contributed by atoms with van der Waals surface area (Å²) in [6, 6.07) is 17.7. The van der Waals surface area contributed by atoms with E-state index < -0.39 is 0 Å². The Bertz CT molecular complexity index is 889. The molecule has 24 heavy (non-hydrogen) atoms. The van der Waals surface area contributed by atoms with Crippen LogP contribution in [-0.4, -0.2) is 14.9 Å². The summed E-state index contributed by atoms with van der Waals surface area (Å²) in [5.74, 6) is 0.686. The van der Waals surface area contributed by atoms with Crippen LogP contribution in [-0.2, 0) is 0 Å². The molecule has 120 valence electrons. The van der Waals surface area contributed by atoms with Crippen LogP contribution in [0.2, 0.25) is 0 Å². The van der Waals surface area contributed by atoms with E-state index in [2.05, 4.69) is 43.7 Å².